The van der Waals surface area contributed by atoms with E-state index in [1.807, 2.05) is 0 Å². The van der Waals surface area contributed by atoms with Crippen molar-refractivity contribution in [2.75, 3.05) is 6.54 Å². The lowest BCUT2D eigenvalue weighted by atomic mass is 9.97. The number of aromatic nitrogens is 2. The first-order valence-electron chi connectivity index (χ1n) is 7.78. The van der Waals surface area contributed by atoms with Crippen LogP contribution in [-0.4, -0.2) is 16.7 Å². The second-order valence-electron chi connectivity index (χ2n) is 5.66. The van der Waals surface area contributed by atoms with Gasteiger partial charge in [-0.25, -0.2) is 0 Å². The minimum absolute atomic E-state index is 0.655. The highest BCUT2D eigenvalue weighted by atomic mass is 16.5. The van der Waals surface area contributed by atoms with Gasteiger partial charge in [0.15, 0.2) is 5.82 Å². The van der Waals surface area contributed by atoms with Crippen LogP contribution < -0.4 is 5.73 Å². The number of nitrogens with two attached hydrogens (primary N) is 1. The number of hydrogen-bond acceptors (Lipinski definition) is 4. The zero-order valence-electron chi connectivity index (χ0n) is 13.0. The lowest BCUT2D eigenvalue weighted by Crippen LogP contribution is -2.09. The fourth-order valence-corrected chi connectivity index (χ4v) is 2.58. The molecule has 0 bridgehead atoms. The number of nitrogens with zero attached hydrogens (tertiary/aromatic N) is 2. The number of hydrogen-bond donors (Lipinski definition) is 1. The third-order valence-corrected chi connectivity index (χ3v) is 3.87. The lowest BCUT2D eigenvalue weighted by Gasteiger charge is -2.11. The number of rotatable bonds is 8. The molecule has 0 aliphatic heterocycles. The standard InChI is InChI=1S/C17H25N3O/c1-3-14(9-10-18)7-8-17-19-16(20-21-17)12-15-6-4-5-13(2)11-15/h4-6,11,14H,3,7-10,12,18H2,1-2H3. The van der Waals surface area contributed by atoms with Crippen LogP contribution in [0.3, 0.4) is 0 Å². The van der Waals surface area contributed by atoms with E-state index < -0.39 is 0 Å². The van der Waals surface area contributed by atoms with Crippen LogP contribution >= 0.6 is 0 Å². The maximum atomic E-state index is 5.62. The van der Waals surface area contributed by atoms with E-state index in [-0.39, 0.29) is 0 Å². The van der Waals surface area contributed by atoms with Crippen molar-refractivity contribution < 1.29 is 4.52 Å². The number of benzene rings is 1. The largest absolute Gasteiger partial charge is 0.339 e. The summed E-state index contributed by atoms with van der Waals surface area (Å²) >= 11 is 0. The first kappa shape index (κ1) is 15.7. The molecule has 1 heterocycles. The predicted molar refractivity (Wildman–Crippen MR) is 84.1 cm³/mol. The molecule has 4 nitrogen and oxygen atoms in total. The maximum Gasteiger partial charge on any atom is 0.226 e. The van der Waals surface area contributed by atoms with E-state index in [4.69, 9.17) is 10.3 Å². The van der Waals surface area contributed by atoms with Crippen LogP contribution in [0.2, 0.25) is 0 Å². The third kappa shape index (κ3) is 4.97. The highest BCUT2D eigenvalue weighted by Crippen LogP contribution is 2.16. The average Bonchev–Trinajstić information content (AvgIpc) is 2.91. The van der Waals surface area contributed by atoms with Crippen molar-refractivity contribution in [1.29, 1.82) is 0 Å². The van der Waals surface area contributed by atoms with E-state index in [0.29, 0.717) is 5.92 Å². The van der Waals surface area contributed by atoms with Gasteiger partial charge in [-0.05, 0) is 37.8 Å². The van der Waals surface area contributed by atoms with Crippen molar-refractivity contribution in [2.24, 2.45) is 11.7 Å². The van der Waals surface area contributed by atoms with Crippen molar-refractivity contribution in [2.45, 2.75) is 46.0 Å². The molecule has 0 radical (unpaired) electrons. The molecule has 2 N–H and O–H groups in total. The Morgan fingerprint density at radius 2 is 2.14 bits per heavy atom. The topological polar surface area (TPSA) is 64.9 Å². The molecule has 0 saturated heterocycles. The summed E-state index contributed by atoms with van der Waals surface area (Å²) < 4.78 is 5.35. The van der Waals surface area contributed by atoms with Gasteiger partial charge < -0.3 is 10.3 Å². The molecule has 0 aliphatic carbocycles. The predicted octanol–water partition coefficient (Wildman–Crippen LogP) is 3.28. The minimum Gasteiger partial charge on any atom is -0.339 e. The Morgan fingerprint density at radius 1 is 1.29 bits per heavy atom. The number of aryl methyl sites for hydroxylation is 2. The van der Waals surface area contributed by atoms with Gasteiger partial charge in [-0.2, -0.15) is 4.98 Å². The quantitative estimate of drug-likeness (QED) is 0.809. The molecule has 1 aromatic heterocycles. The van der Waals surface area contributed by atoms with E-state index in [9.17, 15) is 0 Å². The van der Waals surface area contributed by atoms with Gasteiger partial charge in [-0.1, -0.05) is 48.3 Å². The Hall–Kier alpha value is -1.68. The molecule has 4 heteroatoms. The molecule has 2 rings (SSSR count). The van der Waals surface area contributed by atoms with Gasteiger partial charge in [0.2, 0.25) is 5.89 Å². The van der Waals surface area contributed by atoms with Crippen molar-refractivity contribution in [1.82, 2.24) is 10.1 Å². The van der Waals surface area contributed by atoms with E-state index >= 15 is 0 Å². The lowest BCUT2D eigenvalue weighted by molar-refractivity contribution is 0.351. The van der Waals surface area contributed by atoms with Crippen LogP contribution in [0.5, 0.6) is 0 Å². The molecule has 1 atom stereocenters. The fraction of sp³-hybridized carbons (Fsp3) is 0.529. The SMILES string of the molecule is CCC(CCN)CCc1nc(Cc2cccc(C)c2)no1. The van der Waals surface area contributed by atoms with Gasteiger partial charge in [-0.3, -0.25) is 0 Å². The Kier molecular flexibility index (Phi) is 5.93. The van der Waals surface area contributed by atoms with Crippen LogP contribution in [0, 0.1) is 12.8 Å². The Balaban J connectivity index is 1.89. The minimum atomic E-state index is 0.655. The highest BCUT2D eigenvalue weighted by molar-refractivity contribution is 5.24. The van der Waals surface area contributed by atoms with Crippen molar-refractivity contribution in [3.8, 4) is 0 Å². The summed E-state index contributed by atoms with van der Waals surface area (Å²) in [6, 6.07) is 8.40. The van der Waals surface area contributed by atoms with E-state index in [1.54, 1.807) is 0 Å². The first-order valence-corrected chi connectivity index (χ1v) is 7.78. The van der Waals surface area contributed by atoms with Crippen molar-refractivity contribution in [3.05, 3.63) is 47.1 Å². The summed E-state index contributed by atoms with van der Waals surface area (Å²) in [5.41, 5.74) is 8.10. The summed E-state index contributed by atoms with van der Waals surface area (Å²) in [5, 5.41) is 4.08. The Morgan fingerprint density at radius 3 is 2.86 bits per heavy atom. The van der Waals surface area contributed by atoms with Crippen LogP contribution in [0.1, 0.15) is 49.0 Å². The van der Waals surface area contributed by atoms with Crippen LogP contribution in [0.4, 0.5) is 0 Å². The maximum absolute atomic E-state index is 5.62. The van der Waals surface area contributed by atoms with Gasteiger partial charge in [0.1, 0.15) is 0 Å². The molecular formula is C17H25N3O. The van der Waals surface area contributed by atoms with E-state index in [2.05, 4.69) is 48.3 Å². The average molecular weight is 287 g/mol. The van der Waals surface area contributed by atoms with E-state index in [0.717, 1.165) is 50.4 Å². The molecule has 1 unspecified atom stereocenters. The molecule has 0 saturated carbocycles. The zero-order valence-corrected chi connectivity index (χ0v) is 13.0. The van der Waals surface area contributed by atoms with Crippen LogP contribution in [-0.2, 0) is 12.8 Å². The van der Waals surface area contributed by atoms with Gasteiger partial charge in [-0.15, -0.1) is 0 Å². The second-order valence-corrected chi connectivity index (χ2v) is 5.66. The van der Waals surface area contributed by atoms with Crippen LogP contribution in [0.25, 0.3) is 0 Å². The third-order valence-electron chi connectivity index (χ3n) is 3.87. The van der Waals surface area contributed by atoms with E-state index in [1.165, 1.54) is 11.1 Å². The molecule has 0 spiro atoms. The summed E-state index contributed by atoms with van der Waals surface area (Å²) in [5.74, 6) is 2.16. The molecule has 1 aromatic carbocycles. The molecule has 0 amide bonds. The molecule has 114 valence electrons. The smallest absolute Gasteiger partial charge is 0.226 e. The Bertz CT molecular complexity index is 550. The monoisotopic (exact) mass is 287 g/mol. The van der Waals surface area contributed by atoms with Gasteiger partial charge in [0, 0.05) is 12.8 Å². The highest BCUT2D eigenvalue weighted by Gasteiger charge is 2.11. The van der Waals surface area contributed by atoms with Gasteiger partial charge in [0.25, 0.3) is 0 Å². The molecule has 2 aromatic rings. The van der Waals surface area contributed by atoms with Crippen LogP contribution in [0.15, 0.2) is 28.8 Å². The fourth-order valence-electron chi connectivity index (χ4n) is 2.58. The normalized spacial score (nSPS) is 12.5. The van der Waals surface area contributed by atoms with Crippen molar-refractivity contribution >= 4 is 0 Å². The summed E-state index contributed by atoms with van der Waals surface area (Å²) in [6.07, 6.45) is 4.87. The van der Waals surface area contributed by atoms with Gasteiger partial charge >= 0.3 is 0 Å². The summed E-state index contributed by atoms with van der Waals surface area (Å²) in [7, 11) is 0. The first-order chi connectivity index (χ1) is 10.2. The molecule has 21 heavy (non-hydrogen) atoms. The molecular weight excluding hydrogens is 262 g/mol. The molecule has 0 fully saturated rings. The second kappa shape index (κ2) is 7.93. The Labute approximate surface area is 126 Å². The van der Waals surface area contributed by atoms with Crippen molar-refractivity contribution in [3.63, 3.8) is 0 Å². The summed E-state index contributed by atoms with van der Waals surface area (Å²) in [4.78, 5) is 4.49. The summed E-state index contributed by atoms with van der Waals surface area (Å²) in [6.45, 7) is 5.05. The van der Waals surface area contributed by atoms with Gasteiger partial charge in [0.05, 0.1) is 0 Å². The zero-order chi connectivity index (χ0) is 15.1. The molecule has 0 aliphatic rings.